The SMILES string of the molecule is O=C(CCCN1C(=O)NC2(CCCC2)C1=O)NCC(O)c1cccc(F)c1. The number of imide groups is 1. The van der Waals surface area contributed by atoms with E-state index in [2.05, 4.69) is 10.6 Å². The van der Waals surface area contributed by atoms with E-state index in [0.29, 0.717) is 24.8 Å². The van der Waals surface area contributed by atoms with Crippen molar-refractivity contribution in [1.29, 1.82) is 0 Å². The summed E-state index contributed by atoms with van der Waals surface area (Å²) in [4.78, 5) is 37.7. The molecule has 27 heavy (non-hydrogen) atoms. The van der Waals surface area contributed by atoms with E-state index in [1.165, 1.54) is 23.1 Å². The Balaban J connectivity index is 1.41. The molecular weight excluding hydrogens is 353 g/mol. The third kappa shape index (κ3) is 4.27. The topological polar surface area (TPSA) is 98.7 Å². The van der Waals surface area contributed by atoms with E-state index in [4.69, 9.17) is 0 Å². The predicted molar refractivity (Wildman–Crippen MR) is 95.0 cm³/mol. The number of rotatable bonds is 7. The number of aliphatic hydroxyl groups excluding tert-OH is 1. The molecule has 0 radical (unpaired) electrons. The summed E-state index contributed by atoms with van der Waals surface area (Å²) in [6.45, 7) is 0.154. The lowest BCUT2D eigenvalue weighted by Gasteiger charge is -2.20. The molecule has 3 N–H and O–H groups in total. The quantitative estimate of drug-likeness (QED) is 0.629. The van der Waals surface area contributed by atoms with Crippen LogP contribution in [0.2, 0.25) is 0 Å². The molecule has 8 heteroatoms. The number of hydrogen-bond donors (Lipinski definition) is 3. The molecule has 0 aromatic heterocycles. The number of carbonyl (C=O) groups is 3. The van der Waals surface area contributed by atoms with Crippen molar-refractivity contribution in [3.63, 3.8) is 0 Å². The van der Waals surface area contributed by atoms with Gasteiger partial charge in [0.2, 0.25) is 5.91 Å². The van der Waals surface area contributed by atoms with Gasteiger partial charge in [-0.1, -0.05) is 25.0 Å². The Labute approximate surface area is 156 Å². The van der Waals surface area contributed by atoms with Crippen LogP contribution in [0.1, 0.15) is 50.2 Å². The maximum Gasteiger partial charge on any atom is 0.325 e. The zero-order valence-electron chi connectivity index (χ0n) is 15.0. The van der Waals surface area contributed by atoms with Crippen LogP contribution in [0.25, 0.3) is 0 Å². The van der Waals surface area contributed by atoms with E-state index in [1.807, 2.05) is 0 Å². The minimum absolute atomic E-state index is 0.0332. The van der Waals surface area contributed by atoms with Crippen molar-refractivity contribution in [2.45, 2.75) is 50.2 Å². The van der Waals surface area contributed by atoms with Crippen molar-refractivity contribution in [3.8, 4) is 0 Å². The van der Waals surface area contributed by atoms with Crippen LogP contribution in [-0.4, -0.2) is 46.5 Å². The summed E-state index contributed by atoms with van der Waals surface area (Å²) in [7, 11) is 0. The highest BCUT2D eigenvalue weighted by atomic mass is 19.1. The predicted octanol–water partition coefficient (Wildman–Crippen LogP) is 1.62. The zero-order valence-corrected chi connectivity index (χ0v) is 15.0. The van der Waals surface area contributed by atoms with Crippen LogP contribution in [0.5, 0.6) is 0 Å². The first kappa shape index (κ1) is 19.3. The summed E-state index contributed by atoms with van der Waals surface area (Å²) in [6, 6.07) is 5.18. The van der Waals surface area contributed by atoms with Gasteiger partial charge in [0.25, 0.3) is 5.91 Å². The Morgan fingerprint density at radius 3 is 2.78 bits per heavy atom. The standard InChI is InChI=1S/C19H24FN3O4/c20-14-6-3-5-13(11-14)15(24)12-21-16(25)7-4-10-23-17(26)19(22-18(23)27)8-1-2-9-19/h3,5-6,11,15,24H,1-2,4,7-10,12H2,(H,21,25)(H,22,27). The summed E-state index contributed by atoms with van der Waals surface area (Å²) < 4.78 is 13.2. The molecule has 2 aliphatic rings. The van der Waals surface area contributed by atoms with Crippen molar-refractivity contribution >= 4 is 17.8 Å². The largest absolute Gasteiger partial charge is 0.387 e. The van der Waals surface area contributed by atoms with E-state index >= 15 is 0 Å². The molecule has 1 heterocycles. The maximum atomic E-state index is 13.2. The minimum Gasteiger partial charge on any atom is -0.387 e. The number of urea groups is 1. The first-order chi connectivity index (χ1) is 12.9. The number of amides is 4. The highest BCUT2D eigenvalue weighted by Gasteiger charge is 2.51. The number of hydrogen-bond acceptors (Lipinski definition) is 4. The Bertz CT molecular complexity index is 733. The monoisotopic (exact) mass is 377 g/mol. The van der Waals surface area contributed by atoms with Crippen molar-refractivity contribution in [2.75, 3.05) is 13.1 Å². The molecule has 4 amide bonds. The van der Waals surface area contributed by atoms with Gasteiger partial charge in [-0.05, 0) is 37.0 Å². The van der Waals surface area contributed by atoms with Gasteiger partial charge in [0.1, 0.15) is 11.4 Å². The lowest BCUT2D eigenvalue weighted by Crippen LogP contribution is -2.44. The van der Waals surface area contributed by atoms with Gasteiger partial charge < -0.3 is 15.7 Å². The van der Waals surface area contributed by atoms with Crippen LogP contribution in [0.4, 0.5) is 9.18 Å². The fraction of sp³-hybridized carbons (Fsp3) is 0.526. The Kier molecular flexibility index (Phi) is 5.74. The molecular formula is C19H24FN3O4. The van der Waals surface area contributed by atoms with Crippen molar-refractivity contribution in [1.82, 2.24) is 15.5 Å². The van der Waals surface area contributed by atoms with Crippen LogP contribution < -0.4 is 10.6 Å². The Hall–Kier alpha value is -2.48. The molecule has 1 atom stereocenters. The number of aliphatic hydroxyl groups is 1. The van der Waals surface area contributed by atoms with Crippen LogP contribution in [0, 0.1) is 5.82 Å². The van der Waals surface area contributed by atoms with Gasteiger partial charge in [0, 0.05) is 19.5 Å². The number of nitrogens with one attached hydrogen (secondary N) is 2. The molecule has 0 bridgehead atoms. The molecule has 3 rings (SSSR count). The molecule has 1 aromatic carbocycles. The molecule has 146 valence electrons. The second kappa shape index (κ2) is 8.04. The molecule has 1 aromatic rings. The Morgan fingerprint density at radius 2 is 2.07 bits per heavy atom. The van der Waals surface area contributed by atoms with Crippen LogP contribution >= 0.6 is 0 Å². The maximum absolute atomic E-state index is 13.2. The van der Waals surface area contributed by atoms with Gasteiger partial charge in [0.05, 0.1) is 6.10 Å². The molecule has 1 aliphatic carbocycles. The number of nitrogens with zero attached hydrogens (tertiary/aromatic N) is 1. The number of halogens is 1. The fourth-order valence-corrected chi connectivity index (χ4v) is 3.73. The molecule has 1 saturated heterocycles. The smallest absolute Gasteiger partial charge is 0.325 e. The van der Waals surface area contributed by atoms with E-state index in [-0.39, 0.29) is 37.4 Å². The van der Waals surface area contributed by atoms with E-state index in [9.17, 15) is 23.9 Å². The first-order valence-corrected chi connectivity index (χ1v) is 9.26. The lowest BCUT2D eigenvalue weighted by molar-refractivity contribution is -0.131. The molecule has 2 fully saturated rings. The van der Waals surface area contributed by atoms with E-state index in [0.717, 1.165) is 12.8 Å². The summed E-state index contributed by atoms with van der Waals surface area (Å²) in [5, 5.41) is 15.4. The van der Waals surface area contributed by atoms with Crippen LogP contribution in [0.15, 0.2) is 24.3 Å². The summed E-state index contributed by atoms with van der Waals surface area (Å²) in [6.07, 6.45) is 2.67. The summed E-state index contributed by atoms with van der Waals surface area (Å²) >= 11 is 0. The summed E-state index contributed by atoms with van der Waals surface area (Å²) in [5.74, 6) is -0.938. The Morgan fingerprint density at radius 1 is 1.33 bits per heavy atom. The van der Waals surface area contributed by atoms with E-state index in [1.54, 1.807) is 6.07 Å². The highest BCUT2D eigenvalue weighted by molar-refractivity contribution is 6.07. The van der Waals surface area contributed by atoms with Crippen molar-refractivity contribution in [3.05, 3.63) is 35.6 Å². The summed E-state index contributed by atoms with van der Waals surface area (Å²) in [5.41, 5.74) is -0.342. The van der Waals surface area contributed by atoms with Crippen LogP contribution in [0.3, 0.4) is 0 Å². The van der Waals surface area contributed by atoms with Crippen molar-refractivity contribution in [2.24, 2.45) is 0 Å². The van der Waals surface area contributed by atoms with Gasteiger partial charge in [-0.15, -0.1) is 0 Å². The normalized spacial score (nSPS) is 19.4. The molecule has 7 nitrogen and oxygen atoms in total. The van der Waals surface area contributed by atoms with Gasteiger partial charge in [-0.2, -0.15) is 0 Å². The van der Waals surface area contributed by atoms with E-state index < -0.39 is 17.5 Å². The first-order valence-electron chi connectivity index (χ1n) is 9.26. The minimum atomic E-state index is -1.00. The van der Waals surface area contributed by atoms with Gasteiger partial charge in [0.15, 0.2) is 0 Å². The molecule has 1 aliphatic heterocycles. The third-order valence-corrected chi connectivity index (χ3v) is 5.21. The third-order valence-electron chi connectivity index (χ3n) is 5.21. The van der Waals surface area contributed by atoms with Crippen molar-refractivity contribution < 1.29 is 23.9 Å². The fourth-order valence-electron chi connectivity index (χ4n) is 3.73. The second-order valence-corrected chi connectivity index (χ2v) is 7.15. The number of benzene rings is 1. The zero-order chi connectivity index (χ0) is 19.4. The molecule has 1 unspecified atom stereocenters. The average Bonchev–Trinajstić information content (AvgIpc) is 3.20. The van der Waals surface area contributed by atoms with Gasteiger partial charge in [-0.3, -0.25) is 14.5 Å². The molecule has 1 spiro atoms. The number of carbonyl (C=O) groups excluding carboxylic acids is 3. The second-order valence-electron chi connectivity index (χ2n) is 7.15. The highest BCUT2D eigenvalue weighted by Crippen LogP contribution is 2.35. The van der Waals surface area contributed by atoms with Gasteiger partial charge >= 0.3 is 6.03 Å². The van der Waals surface area contributed by atoms with Crippen LogP contribution in [-0.2, 0) is 9.59 Å². The molecule has 1 saturated carbocycles. The van der Waals surface area contributed by atoms with Gasteiger partial charge in [-0.25, -0.2) is 9.18 Å². The lowest BCUT2D eigenvalue weighted by atomic mass is 9.98. The average molecular weight is 377 g/mol.